The second kappa shape index (κ2) is 14.7. The van der Waals surface area contributed by atoms with Gasteiger partial charge in [0.2, 0.25) is 11.8 Å². The van der Waals surface area contributed by atoms with Crippen LogP contribution in [0.15, 0.2) is 55.0 Å². The van der Waals surface area contributed by atoms with Crippen LogP contribution < -0.4 is 25.3 Å². The number of hydrogen-bond acceptors (Lipinski definition) is 8. The van der Waals surface area contributed by atoms with Gasteiger partial charge in [-0.1, -0.05) is 37.8 Å². The van der Waals surface area contributed by atoms with E-state index in [1.165, 1.54) is 19.5 Å². The molecule has 0 aliphatic heterocycles. The first-order valence-electron chi connectivity index (χ1n) is 13.8. The third-order valence-electron chi connectivity index (χ3n) is 6.66. The fourth-order valence-corrected chi connectivity index (χ4v) is 4.53. The van der Waals surface area contributed by atoms with E-state index in [4.69, 9.17) is 19.9 Å². The van der Waals surface area contributed by atoms with Crippen LogP contribution in [0.3, 0.4) is 0 Å². The summed E-state index contributed by atoms with van der Waals surface area (Å²) in [5, 5.41) is 3.59. The summed E-state index contributed by atoms with van der Waals surface area (Å²) >= 11 is 0. The number of anilines is 1. The van der Waals surface area contributed by atoms with Gasteiger partial charge < -0.3 is 25.3 Å². The second-order valence-corrected chi connectivity index (χ2v) is 9.73. The zero-order chi connectivity index (χ0) is 29.9. The highest BCUT2D eigenvalue weighted by atomic mass is 19.1. The number of hydrogen-bond donors (Lipinski definition) is 2. The molecule has 2 heterocycles. The van der Waals surface area contributed by atoms with E-state index >= 15 is 0 Å². The molecule has 0 unspecified atom stereocenters. The van der Waals surface area contributed by atoms with Gasteiger partial charge in [-0.05, 0) is 55.7 Å². The molecule has 0 bridgehead atoms. The van der Waals surface area contributed by atoms with Crippen LogP contribution in [0.1, 0.15) is 50.6 Å². The summed E-state index contributed by atoms with van der Waals surface area (Å²) in [5.74, 6) is 0.0780. The number of aromatic nitrogens is 3. The second-order valence-electron chi connectivity index (χ2n) is 9.73. The normalized spacial score (nSPS) is 10.8. The summed E-state index contributed by atoms with van der Waals surface area (Å²) in [7, 11) is 1.38. The number of halogens is 1. The Kier molecular flexibility index (Phi) is 10.6. The van der Waals surface area contributed by atoms with E-state index in [-0.39, 0.29) is 17.5 Å². The minimum atomic E-state index is -0.934. The number of nitrogens with zero attached hydrogens (tertiary/aromatic N) is 3. The number of fused-ring (bicyclic) bond motifs is 1. The number of pyridine rings is 1. The van der Waals surface area contributed by atoms with Gasteiger partial charge in [-0.3, -0.25) is 4.79 Å². The van der Waals surface area contributed by atoms with E-state index in [1.807, 2.05) is 19.1 Å². The predicted octanol–water partition coefficient (Wildman–Crippen LogP) is 6.35. The van der Waals surface area contributed by atoms with Gasteiger partial charge in [0.25, 0.3) is 0 Å². The molecule has 2 aromatic carbocycles. The summed E-state index contributed by atoms with van der Waals surface area (Å²) in [6.45, 7) is 2.40. The van der Waals surface area contributed by atoms with Gasteiger partial charge in [0.15, 0.2) is 11.6 Å². The zero-order valence-corrected chi connectivity index (χ0v) is 23.7. The highest BCUT2D eigenvalue weighted by Gasteiger charge is 2.14. The Hall–Kier alpha value is -4.80. The Bertz CT molecular complexity index is 1550. The molecule has 0 aliphatic carbocycles. The van der Waals surface area contributed by atoms with E-state index in [0.29, 0.717) is 35.5 Å². The monoisotopic (exact) mass is 575 g/mol. The summed E-state index contributed by atoms with van der Waals surface area (Å²) < 4.78 is 30.3. The van der Waals surface area contributed by atoms with Crippen LogP contribution in [0.4, 0.5) is 14.9 Å². The molecule has 4 rings (SSSR count). The smallest absolute Gasteiger partial charge is 0.410 e. The number of amides is 2. The van der Waals surface area contributed by atoms with E-state index in [1.54, 1.807) is 30.5 Å². The number of benzene rings is 2. The molecular formula is C31H34FN5O5. The highest BCUT2D eigenvalue weighted by Crippen LogP contribution is 2.33. The van der Waals surface area contributed by atoms with Crippen molar-refractivity contribution in [2.45, 2.75) is 51.9 Å². The van der Waals surface area contributed by atoms with Crippen molar-refractivity contribution < 1.29 is 28.2 Å². The van der Waals surface area contributed by atoms with Crippen LogP contribution in [0.25, 0.3) is 22.0 Å². The van der Waals surface area contributed by atoms with Gasteiger partial charge >= 0.3 is 6.09 Å². The number of para-hydroxylation sites is 2. The molecular weight excluding hydrogens is 541 g/mol. The molecule has 0 saturated carbocycles. The number of aryl methyl sites for hydroxylation is 1. The maximum atomic E-state index is 14.3. The first-order valence-corrected chi connectivity index (χ1v) is 13.8. The SMILES string of the molecule is COc1ncc(-c2cc(OCCCCCCCCC(=O)Nc3ccccc3OC(N)=O)c3ncnc(C)c3c2)cc1F. The fourth-order valence-electron chi connectivity index (χ4n) is 4.53. The van der Waals surface area contributed by atoms with E-state index in [2.05, 4.69) is 20.3 Å². The van der Waals surface area contributed by atoms with Gasteiger partial charge in [0.05, 0.1) is 19.4 Å². The minimum Gasteiger partial charge on any atom is -0.491 e. The third kappa shape index (κ3) is 8.12. The van der Waals surface area contributed by atoms with Crippen molar-refractivity contribution in [2.24, 2.45) is 5.73 Å². The molecule has 3 N–H and O–H groups in total. The van der Waals surface area contributed by atoms with E-state index in [0.717, 1.165) is 55.2 Å². The minimum absolute atomic E-state index is 0.0586. The number of carbonyl (C=O) groups is 2. The molecule has 4 aromatic rings. The first-order chi connectivity index (χ1) is 20.4. The largest absolute Gasteiger partial charge is 0.491 e. The number of carbonyl (C=O) groups excluding carboxylic acids is 2. The quantitative estimate of drug-likeness (QED) is 0.166. The number of ether oxygens (including phenoxy) is 3. The molecule has 2 aromatic heterocycles. The van der Waals surface area contributed by atoms with Crippen molar-refractivity contribution in [3.63, 3.8) is 0 Å². The lowest BCUT2D eigenvalue weighted by molar-refractivity contribution is -0.116. The van der Waals surface area contributed by atoms with Crippen molar-refractivity contribution in [3.05, 3.63) is 66.5 Å². The Balaban J connectivity index is 1.22. The van der Waals surface area contributed by atoms with Gasteiger partial charge in [-0.15, -0.1) is 0 Å². The molecule has 0 fully saturated rings. The topological polar surface area (TPSA) is 139 Å². The average molecular weight is 576 g/mol. The number of nitrogens with two attached hydrogens (primary N) is 1. The highest BCUT2D eigenvalue weighted by molar-refractivity contribution is 5.93. The van der Waals surface area contributed by atoms with Crippen LogP contribution >= 0.6 is 0 Å². The average Bonchev–Trinajstić information content (AvgIpc) is 2.97. The summed E-state index contributed by atoms with van der Waals surface area (Å²) in [6, 6.07) is 11.8. The standard InChI is InChI=1S/C31H34FN5O5/c1-20-23-15-21(22-16-24(32)30(40-2)34-18-22)17-27(29(23)36-19-35-20)41-14-10-6-4-3-5-7-13-28(38)37-25-11-8-9-12-26(25)42-31(33)39/h8-9,11-12,15-19H,3-7,10,13-14H2,1-2H3,(H2,33,39)(H,37,38). The Morgan fingerprint density at radius 3 is 2.45 bits per heavy atom. The van der Waals surface area contributed by atoms with Gasteiger partial charge in [0.1, 0.15) is 17.6 Å². The molecule has 0 radical (unpaired) electrons. The number of primary amides is 1. The lowest BCUT2D eigenvalue weighted by Crippen LogP contribution is -2.18. The van der Waals surface area contributed by atoms with E-state index < -0.39 is 11.9 Å². The lowest BCUT2D eigenvalue weighted by Gasteiger charge is -2.13. The molecule has 10 nitrogen and oxygen atoms in total. The molecule has 0 atom stereocenters. The van der Waals surface area contributed by atoms with E-state index in [9.17, 15) is 14.0 Å². The van der Waals surface area contributed by atoms with Gasteiger partial charge in [-0.2, -0.15) is 0 Å². The molecule has 0 spiro atoms. The molecule has 42 heavy (non-hydrogen) atoms. The Labute approximate surface area is 243 Å². The van der Waals surface area contributed by atoms with Gasteiger partial charge in [0, 0.05) is 29.3 Å². The van der Waals surface area contributed by atoms with Crippen LogP contribution in [0.5, 0.6) is 17.4 Å². The van der Waals surface area contributed by atoms with Crippen LogP contribution in [0, 0.1) is 12.7 Å². The van der Waals surface area contributed by atoms with Crippen molar-refractivity contribution in [1.29, 1.82) is 0 Å². The van der Waals surface area contributed by atoms with Crippen LogP contribution in [-0.4, -0.2) is 40.7 Å². The number of methoxy groups -OCH3 is 1. The number of rotatable bonds is 14. The van der Waals surface area contributed by atoms with Crippen molar-refractivity contribution in [1.82, 2.24) is 15.0 Å². The fraction of sp³-hybridized carbons (Fsp3) is 0.323. The maximum absolute atomic E-state index is 14.3. The predicted molar refractivity (Wildman–Crippen MR) is 157 cm³/mol. The Morgan fingerprint density at radius 1 is 0.929 bits per heavy atom. The molecule has 0 saturated heterocycles. The Morgan fingerprint density at radius 2 is 1.69 bits per heavy atom. The summed E-state index contributed by atoms with van der Waals surface area (Å²) in [5.41, 5.74) is 8.33. The summed E-state index contributed by atoms with van der Waals surface area (Å²) in [4.78, 5) is 36.1. The molecule has 11 heteroatoms. The van der Waals surface area contributed by atoms with Gasteiger partial charge in [-0.25, -0.2) is 24.1 Å². The molecule has 2 amide bonds. The first kappa shape index (κ1) is 30.2. The van der Waals surface area contributed by atoms with Crippen LogP contribution in [-0.2, 0) is 4.79 Å². The van der Waals surface area contributed by atoms with Crippen molar-refractivity contribution >= 4 is 28.6 Å². The lowest BCUT2D eigenvalue weighted by atomic mass is 10.0. The number of nitrogens with one attached hydrogen (secondary N) is 1. The van der Waals surface area contributed by atoms with Crippen LogP contribution in [0.2, 0.25) is 0 Å². The number of unbranched alkanes of at least 4 members (excludes halogenated alkanes) is 5. The third-order valence-corrected chi connectivity index (χ3v) is 6.66. The van der Waals surface area contributed by atoms with Crippen molar-refractivity contribution in [3.8, 4) is 28.5 Å². The molecule has 0 aliphatic rings. The van der Waals surface area contributed by atoms with Crippen molar-refractivity contribution in [2.75, 3.05) is 19.0 Å². The molecule has 220 valence electrons. The summed E-state index contributed by atoms with van der Waals surface area (Å²) in [6.07, 6.45) is 8.01. The maximum Gasteiger partial charge on any atom is 0.410 e. The zero-order valence-electron chi connectivity index (χ0n) is 23.7.